The maximum Gasteiger partial charge on any atom is 0.258 e. The summed E-state index contributed by atoms with van der Waals surface area (Å²) in [6.45, 7) is -0.401. The van der Waals surface area contributed by atoms with Gasteiger partial charge in [-0.25, -0.2) is 4.98 Å². The van der Waals surface area contributed by atoms with E-state index in [-0.39, 0.29) is 13.4 Å². The Kier molecular flexibility index (Phi) is 9.77. The average Bonchev–Trinajstić information content (AvgIpc) is 4.01. The van der Waals surface area contributed by atoms with E-state index in [9.17, 15) is 0 Å². The molecule has 11 aromatic carbocycles. The number of hydrogen-bond acceptors (Lipinski definition) is 6. The molecule has 0 radical (unpaired) electrons. The molecule has 0 N–H and O–H groups in total. The average molecular weight is 1020 g/mol. The fourth-order valence-electron chi connectivity index (χ4n) is 13.5. The SMILES string of the molecule is c1ccc(N(c2ccccc2)c2cc3c4c(c2)N(c2ccccc2)c2nc5c(cc2B4c2ccccc2N3c2ccccc2)B2c3ccccc3Oc3cc(-n4c6ccccc6c6ccccc64)cc(c32)N5c2ccccc2)cc1. The Hall–Kier alpha value is -10.5. The molecule has 80 heavy (non-hydrogen) atoms. The summed E-state index contributed by atoms with van der Waals surface area (Å²) in [5, 5.41) is 2.41. The van der Waals surface area contributed by atoms with Gasteiger partial charge in [0.15, 0.2) is 0 Å². The fourth-order valence-corrected chi connectivity index (χ4v) is 13.5. The minimum Gasteiger partial charge on any atom is -0.458 e. The summed E-state index contributed by atoms with van der Waals surface area (Å²) in [6.07, 6.45) is 0. The molecule has 9 heteroatoms. The van der Waals surface area contributed by atoms with E-state index in [1.807, 2.05) is 0 Å². The van der Waals surface area contributed by atoms with Crippen LogP contribution < -0.4 is 57.1 Å². The minimum atomic E-state index is -0.205. The van der Waals surface area contributed by atoms with Crippen LogP contribution in [0.2, 0.25) is 0 Å². The largest absolute Gasteiger partial charge is 0.458 e. The lowest BCUT2D eigenvalue weighted by molar-refractivity contribution is 0.487. The monoisotopic (exact) mass is 1020 g/mol. The molecular weight excluding hydrogens is 974 g/mol. The van der Waals surface area contributed by atoms with Gasteiger partial charge in [0.2, 0.25) is 0 Å². The molecule has 0 aliphatic carbocycles. The van der Waals surface area contributed by atoms with Crippen LogP contribution in [0, 0.1) is 0 Å². The molecule has 0 saturated heterocycles. The first kappa shape index (κ1) is 44.6. The Labute approximate surface area is 464 Å². The summed E-state index contributed by atoms with van der Waals surface area (Å²) < 4.78 is 9.60. The molecule has 0 amide bonds. The number of aromatic nitrogens is 2. The number of fused-ring (bicyclic) bond motifs is 11. The third-order valence-electron chi connectivity index (χ3n) is 16.7. The van der Waals surface area contributed by atoms with Crippen LogP contribution in [-0.2, 0) is 0 Å². The normalized spacial score (nSPS) is 13.2. The smallest absolute Gasteiger partial charge is 0.258 e. The number of benzene rings is 11. The van der Waals surface area contributed by atoms with E-state index in [1.54, 1.807) is 0 Å². The second kappa shape index (κ2) is 17.5. The summed E-state index contributed by atoms with van der Waals surface area (Å²) in [7, 11) is 0. The van der Waals surface area contributed by atoms with Crippen molar-refractivity contribution in [1.29, 1.82) is 0 Å². The van der Waals surface area contributed by atoms with Crippen molar-refractivity contribution < 1.29 is 4.74 Å². The van der Waals surface area contributed by atoms with Crippen molar-refractivity contribution >= 4 is 137 Å². The molecule has 17 rings (SSSR count). The molecule has 0 unspecified atom stereocenters. The van der Waals surface area contributed by atoms with Gasteiger partial charge in [0.05, 0.1) is 22.4 Å². The van der Waals surface area contributed by atoms with Gasteiger partial charge in [0.25, 0.3) is 13.4 Å². The standard InChI is InChI=1S/C71H46B2N6O/c1-6-24-47(25-7-1)75(48-26-8-2-9-27-48)52-42-63-68-64(43-52)78(50-30-12-4-13-31-50)70-58(72(68)56-36-18-22-40-62(56)76(63)49-28-10-3-11-29-49)46-59-71(74-70)79(51-32-14-5-15-33-51)65-44-53(45-67-69(65)73(59)57-37-19-23-41-66(57)80-67)77-60-38-20-16-34-54(60)55-35-17-21-39-61(55)77/h1-46H. The molecule has 0 saturated carbocycles. The molecule has 372 valence electrons. The Morgan fingerprint density at radius 3 is 1.35 bits per heavy atom. The summed E-state index contributed by atoms with van der Waals surface area (Å²) in [4.78, 5) is 16.0. The molecule has 7 nitrogen and oxygen atoms in total. The Bertz CT molecular complexity index is 4520. The number of rotatable bonds is 7. The van der Waals surface area contributed by atoms with Crippen LogP contribution in [0.1, 0.15) is 0 Å². The van der Waals surface area contributed by atoms with Gasteiger partial charge >= 0.3 is 0 Å². The van der Waals surface area contributed by atoms with E-state index >= 15 is 0 Å². The lowest BCUT2D eigenvalue weighted by Crippen LogP contribution is -2.65. The van der Waals surface area contributed by atoms with Crippen molar-refractivity contribution in [2.45, 2.75) is 0 Å². The zero-order valence-electron chi connectivity index (χ0n) is 43.3. The Morgan fingerprint density at radius 2 is 0.762 bits per heavy atom. The number of ether oxygens (including phenoxy) is 1. The Balaban J connectivity index is 0.987. The predicted octanol–water partition coefficient (Wildman–Crippen LogP) is 14.1. The van der Waals surface area contributed by atoms with Gasteiger partial charge < -0.3 is 19.1 Å². The maximum atomic E-state index is 7.20. The molecule has 13 aromatic rings. The molecule has 0 spiro atoms. The van der Waals surface area contributed by atoms with Crippen LogP contribution in [0.4, 0.5) is 68.5 Å². The van der Waals surface area contributed by atoms with Crippen molar-refractivity contribution in [3.05, 3.63) is 279 Å². The topological polar surface area (TPSA) is 40.0 Å². The highest BCUT2D eigenvalue weighted by atomic mass is 16.5. The van der Waals surface area contributed by atoms with Gasteiger partial charge in [-0.2, -0.15) is 0 Å². The third kappa shape index (κ3) is 6.55. The van der Waals surface area contributed by atoms with Gasteiger partial charge in [-0.1, -0.05) is 170 Å². The molecule has 0 fully saturated rings. The van der Waals surface area contributed by atoms with Gasteiger partial charge in [0, 0.05) is 68.0 Å². The number of anilines is 12. The van der Waals surface area contributed by atoms with E-state index < -0.39 is 0 Å². The third-order valence-corrected chi connectivity index (χ3v) is 16.7. The van der Waals surface area contributed by atoms with Crippen LogP contribution in [-0.4, -0.2) is 23.0 Å². The van der Waals surface area contributed by atoms with E-state index in [0.717, 1.165) is 119 Å². The quantitative estimate of drug-likeness (QED) is 0.148. The molecule has 4 aliphatic rings. The van der Waals surface area contributed by atoms with Crippen LogP contribution in [0.15, 0.2) is 279 Å². The summed E-state index contributed by atoms with van der Waals surface area (Å²) in [6, 6.07) is 101. The highest BCUT2D eigenvalue weighted by molar-refractivity contribution is 7.02. The van der Waals surface area contributed by atoms with Gasteiger partial charge in [0.1, 0.15) is 23.1 Å². The van der Waals surface area contributed by atoms with Crippen molar-refractivity contribution in [2.24, 2.45) is 0 Å². The van der Waals surface area contributed by atoms with E-state index in [0.29, 0.717) is 0 Å². The first-order valence-corrected chi connectivity index (χ1v) is 27.4. The van der Waals surface area contributed by atoms with Gasteiger partial charge in [-0.3, -0.25) is 9.80 Å². The number of para-hydroxylation sites is 9. The van der Waals surface area contributed by atoms with Crippen LogP contribution in [0.3, 0.4) is 0 Å². The van der Waals surface area contributed by atoms with E-state index in [4.69, 9.17) is 9.72 Å². The van der Waals surface area contributed by atoms with Crippen molar-refractivity contribution in [1.82, 2.24) is 9.55 Å². The van der Waals surface area contributed by atoms with Crippen molar-refractivity contribution in [2.75, 3.05) is 19.6 Å². The second-order valence-corrected chi connectivity index (χ2v) is 21.0. The lowest BCUT2D eigenvalue weighted by atomic mass is 9.31. The van der Waals surface area contributed by atoms with Crippen LogP contribution >= 0.6 is 0 Å². The maximum absolute atomic E-state index is 7.20. The Morgan fingerprint density at radius 1 is 0.312 bits per heavy atom. The van der Waals surface area contributed by atoms with Crippen molar-refractivity contribution in [3.63, 3.8) is 0 Å². The lowest BCUT2D eigenvalue weighted by Gasteiger charge is -2.46. The fraction of sp³-hybridized carbons (Fsp3) is 0. The summed E-state index contributed by atoms with van der Waals surface area (Å²) in [5.41, 5.74) is 20.8. The highest BCUT2D eigenvalue weighted by Gasteiger charge is 2.49. The summed E-state index contributed by atoms with van der Waals surface area (Å²) >= 11 is 0. The first-order valence-electron chi connectivity index (χ1n) is 27.4. The zero-order chi connectivity index (χ0) is 52.4. The van der Waals surface area contributed by atoms with Crippen LogP contribution in [0.5, 0.6) is 11.5 Å². The number of nitrogens with zero attached hydrogens (tertiary/aromatic N) is 6. The molecule has 0 bridgehead atoms. The molecule has 4 aliphatic heterocycles. The molecule has 2 aromatic heterocycles. The molecule has 6 heterocycles. The zero-order valence-corrected chi connectivity index (χ0v) is 43.3. The highest BCUT2D eigenvalue weighted by Crippen LogP contribution is 2.50. The molecule has 0 atom stereocenters. The number of hydrogen-bond donors (Lipinski definition) is 0. The van der Waals surface area contributed by atoms with Crippen LogP contribution in [0.25, 0.3) is 27.5 Å². The van der Waals surface area contributed by atoms with Gasteiger partial charge in [-0.15, -0.1) is 0 Å². The minimum absolute atomic E-state index is 0.196. The van der Waals surface area contributed by atoms with Crippen molar-refractivity contribution in [3.8, 4) is 17.2 Å². The summed E-state index contributed by atoms with van der Waals surface area (Å²) in [5.74, 6) is 3.44. The first-order chi connectivity index (χ1) is 39.7. The second-order valence-electron chi connectivity index (χ2n) is 21.0. The molecular formula is C71H46B2N6O. The van der Waals surface area contributed by atoms with E-state index in [2.05, 4.69) is 303 Å². The van der Waals surface area contributed by atoms with Gasteiger partial charge in [-0.05, 0) is 136 Å². The van der Waals surface area contributed by atoms with E-state index in [1.165, 1.54) is 21.7 Å². The predicted molar refractivity (Wildman–Crippen MR) is 333 cm³/mol. The number of pyridine rings is 1.